The number of nitrogens with one attached hydrogen (secondary N) is 1. The van der Waals surface area contributed by atoms with Crippen LogP contribution in [0.3, 0.4) is 0 Å². The lowest BCUT2D eigenvalue weighted by atomic mass is 9.98. The summed E-state index contributed by atoms with van der Waals surface area (Å²) in [5, 5.41) is 4.39. The van der Waals surface area contributed by atoms with Crippen LogP contribution < -0.4 is 5.32 Å². The maximum absolute atomic E-state index is 6.07. The van der Waals surface area contributed by atoms with Crippen LogP contribution in [0.5, 0.6) is 0 Å². The number of hydrogen-bond acceptors (Lipinski definition) is 2. The van der Waals surface area contributed by atoms with Crippen LogP contribution in [0.2, 0.25) is 5.02 Å². The average molecular weight is 497 g/mol. The number of allylic oxidation sites excluding steroid dienone is 1. The van der Waals surface area contributed by atoms with Gasteiger partial charge in [0.25, 0.3) is 0 Å². The van der Waals surface area contributed by atoms with Crippen molar-refractivity contribution < 1.29 is 0 Å². The third-order valence-electron chi connectivity index (χ3n) is 6.62. The van der Waals surface area contributed by atoms with Crippen LogP contribution in [0, 0.1) is 0 Å². The smallest absolute Gasteiger partial charge is 0.145 e. The van der Waals surface area contributed by atoms with Crippen molar-refractivity contribution in [2.24, 2.45) is 4.99 Å². The minimum Gasteiger partial charge on any atom is -0.360 e. The highest BCUT2D eigenvalue weighted by Gasteiger charge is 2.19. The molecule has 0 saturated heterocycles. The highest BCUT2D eigenvalue weighted by Crippen LogP contribution is 2.29. The molecule has 0 saturated carbocycles. The van der Waals surface area contributed by atoms with Crippen molar-refractivity contribution in [2.45, 2.75) is 6.17 Å². The lowest BCUT2D eigenvalue weighted by molar-refractivity contribution is 0.664. The molecule has 6 rings (SSSR count). The molecule has 3 heteroatoms. The summed E-state index contributed by atoms with van der Waals surface area (Å²) in [6.07, 6.45) is 1.98. The first kappa shape index (κ1) is 23.0. The van der Waals surface area contributed by atoms with Gasteiger partial charge in [0, 0.05) is 10.7 Å². The zero-order chi connectivity index (χ0) is 25.0. The second-order valence-electron chi connectivity index (χ2n) is 9.06. The minimum atomic E-state index is -0.166. The van der Waals surface area contributed by atoms with E-state index in [0.29, 0.717) is 0 Å². The van der Waals surface area contributed by atoms with Crippen LogP contribution >= 0.6 is 11.6 Å². The van der Waals surface area contributed by atoms with Gasteiger partial charge in [0.2, 0.25) is 0 Å². The number of rotatable bonds is 5. The van der Waals surface area contributed by atoms with E-state index in [9.17, 15) is 0 Å². The molecule has 0 fully saturated rings. The van der Waals surface area contributed by atoms with Gasteiger partial charge in [0.1, 0.15) is 6.17 Å². The van der Waals surface area contributed by atoms with Crippen molar-refractivity contribution in [1.29, 1.82) is 0 Å². The zero-order valence-electron chi connectivity index (χ0n) is 20.2. The first-order valence-corrected chi connectivity index (χ1v) is 12.7. The second kappa shape index (κ2) is 10.3. The molecule has 0 spiro atoms. The third kappa shape index (κ3) is 5.11. The molecule has 1 unspecified atom stereocenters. The molecule has 0 aromatic heterocycles. The van der Waals surface area contributed by atoms with Crippen LogP contribution in [0.25, 0.3) is 28.0 Å². The van der Waals surface area contributed by atoms with Crippen molar-refractivity contribution in [3.05, 3.63) is 161 Å². The molecule has 1 aliphatic heterocycles. The highest BCUT2D eigenvalue weighted by atomic mass is 35.5. The van der Waals surface area contributed by atoms with Crippen molar-refractivity contribution in [3.8, 4) is 22.3 Å². The Labute approximate surface area is 222 Å². The summed E-state index contributed by atoms with van der Waals surface area (Å²) >= 11 is 6.07. The summed E-state index contributed by atoms with van der Waals surface area (Å²) in [7, 11) is 0. The normalized spacial score (nSPS) is 14.9. The van der Waals surface area contributed by atoms with E-state index >= 15 is 0 Å². The van der Waals surface area contributed by atoms with Crippen LogP contribution in [0.1, 0.15) is 22.9 Å². The molecule has 1 aliphatic rings. The van der Waals surface area contributed by atoms with Crippen molar-refractivity contribution in [1.82, 2.24) is 5.32 Å². The molecule has 37 heavy (non-hydrogen) atoms. The van der Waals surface area contributed by atoms with Gasteiger partial charge in [0.05, 0.1) is 5.71 Å². The van der Waals surface area contributed by atoms with E-state index in [-0.39, 0.29) is 6.17 Å². The maximum Gasteiger partial charge on any atom is 0.145 e. The van der Waals surface area contributed by atoms with Crippen molar-refractivity contribution in [2.75, 3.05) is 0 Å². The van der Waals surface area contributed by atoms with E-state index in [1.165, 1.54) is 11.1 Å². The van der Waals surface area contributed by atoms with Gasteiger partial charge in [-0.15, -0.1) is 0 Å². The largest absolute Gasteiger partial charge is 0.360 e. The maximum atomic E-state index is 6.07. The molecule has 0 bridgehead atoms. The summed E-state index contributed by atoms with van der Waals surface area (Å²) in [5.74, 6) is 0. The summed E-state index contributed by atoms with van der Waals surface area (Å²) in [5.41, 5.74) is 10.1. The molecular weight excluding hydrogens is 472 g/mol. The Morgan fingerprint density at radius 1 is 0.486 bits per heavy atom. The Balaban J connectivity index is 1.35. The summed E-state index contributed by atoms with van der Waals surface area (Å²) in [6.45, 7) is 0. The summed E-state index contributed by atoms with van der Waals surface area (Å²) in [4.78, 5) is 5.09. The Morgan fingerprint density at radius 3 is 1.54 bits per heavy atom. The van der Waals surface area contributed by atoms with Crippen LogP contribution in [0.4, 0.5) is 0 Å². The number of aliphatic imine (C=N–C) groups is 1. The topological polar surface area (TPSA) is 24.4 Å². The first-order valence-electron chi connectivity index (χ1n) is 12.4. The van der Waals surface area contributed by atoms with E-state index in [0.717, 1.165) is 44.2 Å². The Kier molecular flexibility index (Phi) is 6.41. The molecule has 2 nitrogen and oxygen atoms in total. The van der Waals surface area contributed by atoms with E-state index < -0.39 is 0 Å². The lowest BCUT2D eigenvalue weighted by Gasteiger charge is -2.25. The second-order valence-corrected chi connectivity index (χ2v) is 9.49. The third-order valence-corrected chi connectivity index (χ3v) is 6.87. The fourth-order valence-corrected chi connectivity index (χ4v) is 4.73. The van der Waals surface area contributed by atoms with E-state index in [2.05, 4.69) is 108 Å². The van der Waals surface area contributed by atoms with Gasteiger partial charge in [-0.3, -0.25) is 4.99 Å². The molecule has 178 valence electrons. The van der Waals surface area contributed by atoms with Gasteiger partial charge < -0.3 is 5.32 Å². The van der Waals surface area contributed by atoms with Crippen molar-refractivity contribution >= 4 is 23.0 Å². The SMILES string of the molecule is Clc1ccc(-c2ccc(C3=NC(c4ccccc4)NC(c4ccc(-c5ccccc5)cc4)=C3)cc2)cc1. The molecule has 0 aliphatic carbocycles. The summed E-state index contributed by atoms with van der Waals surface area (Å²) in [6, 6.07) is 46.0. The Bertz CT molecular complexity index is 1550. The van der Waals surface area contributed by atoms with Crippen LogP contribution in [-0.2, 0) is 0 Å². The van der Waals surface area contributed by atoms with Gasteiger partial charge in [0.15, 0.2) is 0 Å². The predicted octanol–water partition coefficient (Wildman–Crippen LogP) is 8.81. The zero-order valence-corrected chi connectivity index (χ0v) is 20.9. The molecule has 1 heterocycles. The quantitative estimate of drug-likeness (QED) is 0.258. The van der Waals surface area contributed by atoms with E-state index in [1.807, 2.05) is 36.4 Å². The highest BCUT2D eigenvalue weighted by molar-refractivity contribution is 6.30. The van der Waals surface area contributed by atoms with E-state index in [4.69, 9.17) is 16.6 Å². The van der Waals surface area contributed by atoms with Gasteiger partial charge in [-0.05, 0) is 57.2 Å². The molecule has 0 radical (unpaired) electrons. The minimum absolute atomic E-state index is 0.166. The lowest BCUT2D eigenvalue weighted by Crippen LogP contribution is -2.24. The molecular formula is C34H25ClN2. The Morgan fingerprint density at radius 2 is 0.946 bits per heavy atom. The van der Waals surface area contributed by atoms with Gasteiger partial charge >= 0.3 is 0 Å². The number of halogens is 1. The molecule has 5 aromatic carbocycles. The molecule has 0 amide bonds. The van der Waals surface area contributed by atoms with Gasteiger partial charge in [-0.1, -0.05) is 133 Å². The summed E-state index contributed by atoms with van der Waals surface area (Å²) < 4.78 is 0. The molecule has 1 N–H and O–H groups in total. The van der Waals surface area contributed by atoms with Crippen molar-refractivity contribution in [3.63, 3.8) is 0 Å². The average Bonchev–Trinajstić information content (AvgIpc) is 2.98. The number of hydrogen-bond donors (Lipinski definition) is 1. The fraction of sp³-hybridized carbons (Fsp3) is 0.0294. The number of nitrogens with zero attached hydrogens (tertiary/aromatic N) is 1. The number of benzene rings is 5. The Hall–Kier alpha value is -4.40. The van der Waals surface area contributed by atoms with Crippen LogP contribution in [0.15, 0.2) is 145 Å². The predicted molar refractivity (Wildman–Crippen MR) is 156 cm³/mol. The standard InChI is InChI=1S/C34H25ClN2/c35-31-21-19-27(20-22-31)26-13-17-29(18-14-26)33-23-32(36-34(37-33)30-9-5-2-6-10-30)28-15-11-25(12-16-28)24-7-3-1-4-8-24/h1-23,34,36H. The van der Waals surface area contributed by atoms with Gasteiger partial charge in [-0.25, -0.2) is 0 Å². The first-order chi connectivity index (χ1) is 18.2. The molecule has 5 aromatic rings. The van der Waals surface area contributed by atoms with Crippen LogP contribution in [-0.4, -0.2) is 5.71 Å². The van der Waals surface area contributed by atoms with Gasteiger partial charge in [-0.2, -0.15) is 0 Å². The monoisotopic (exact) mass is 496 g/mol. The fourth-order valence-electron chi connectivity index (χ4n) is 4.60. The van der Waals surface area contributed by atoms with E-state index in [1.54, 1.807) is 0 Å². The molecule has 1 atom stereocenters.